The van der Waals surface area contributed by atoms with Crippen LogP contribution in [0.5, 0.6) is 11.5 Å². The fourth-order valence-corrected chi connectivity index (χ4v) is 5.18. The summed E-state index contributed by atoms with van der Waals surface area (Å²) in [5, 5.41) is 11.5. The molecule has 1 N–H and O–H groups in total. The van der Waals surface area contributed by atoms with Gasteiger partial charge in [0.05, 0.1) is 18.2 Å². The number of piperidine rings is 1. The summed E-state index contributed by atoms with van der Waals surface area (Å²) in [5.74, 6) is 4.03. The Kier molecular flexibility index (Phi) is 7.23. The number of ether oxygens (including phenoxy) is 2. The van der Waals surface area contributed by atoms with Crippen molar-refractivity contribution >= 4 is 23.4 Å². The van der Waals surface area contributed by atoms with Gasteiger partial charge >= 0.3 is 0 Å². The summed E-state index contributed by atoms with van der Waals surface area (Å²) in [5.41, 5.74) is 3.46. The summed E-state index contributed by atoms with van der Waals surface area (Å²) in [6.07, 6.45) is 4.32. The Labute approximate surface area is 216 Å². The molecule has 2 aliphatic rings. The molecule has 0 bridgehead atoms. The molecule has 0 radical (unpaired) electrons. The molecule has 4 heterocycles. The van der Waals surface area contributed by atoms with Gasteiger partial charge in [0.2, 0.25) is 0 Å². The van der Waals surface area contributed by atoms with E-state index in [1.54, 1.807) is 6.20 Å². The minimum atomic E-state index is -0.570. The van der Waals surface area contributed by atoms with Crippen molar-refractivity contribution in [3.8, 4) is 23.1 Å². The number of aryl methyl sites for hydroxylation is 1. The monoisotopic (exact) mass is 510 g/mol. The Bertz CT molecular complexity index is 1320. The third kappa shape index (κ3) is 5.09. The summed E-state index contributed by atoms with van der Waals surface area (Å²) in [7, 11) is 0. The fourth-order valence-electron chi connectivity index (χ4n) is 5.18. The zero-order valence-electron chi connectivity index (χ0n) is 20.3. The lowest BCUT2D eigenvalue weighted by Gasteiger charge is -2.33. The van der Waals surface area contributed by atoms with E-state index >= 15 is 0 Å². The lowest BCUT2D eigenvalue weighted by molar-refractivity contribution is 0.0599. The van der Waals surface area contributed by atoms with Crippen LogP contribution in [-0.2, 0) is 6.42 Å². The van der Waals surface area contributed by atoms with Crippen molar-refractivity contribution in [1.82, 2.24) is 9.88 Å². The van der Waals surface area contributed by atoms with E-state index in [0.29, 0.717) is 35.4 Å². The van der Waals surface area contributed by atoms with E-state index in [9.17, 15) is 5.11 Å². The summed E-state index contributed by atoms with van der Waals surface area (Å²) in [6.45, 7) is 5.43. The molecular formula is C28H31ClN2O5. The second kappa shape index (κ2) is 10.5. The number of aliphatic hydroxyl groups excluding tert-OH is 1. The predicted molar refractivity (Wildman–Crippen MR) is 139 cm³/mol. The van der Waals surface area contributed by atoms with Gasteiger partial charge in [0.1, 0.15) is 35.6 Å². The molecule has 2 aromatic carbocycles. The molecule has 6 rings (SSSR count). The van der Waals surface area contributed by atoms with Crippen molar-refractivity contribution in [3.63, 3.8) is 0 Å². The molecule has 0 spiro atoms. The third-order valence-electron chi connectivity index (χ3n) is 7.03. The van der Waals surface area contributed by atoms with Crippen LogP contribution in [0.1, 0.15) is 35.6 Å². The number of β-amino-alcohol motifs (C(OH)–C–C–N with tert-alkyl or cyclic N) is 1. The van der Waals surface area contributed by atoms with Crippen molar-refractivity contribution in [2.45, 2.75) is 38.2 Å². The van der Waals surface area contributed by atoms with E-state index in [2.05, 4.69) is 28.1 Å². The molecule has 190 valence electrons. The van der Waals surface area contributed by atoms with Crippen LogP contribution in [0.3, 0.4) is 0 Å². The van der Waals surface area contributed by atoms with Crippen LogP contribution in [0.2, 0.25) is 0 Å². The SMILES string of the molecule is Cc1cnc(-c2cc3c(OC[C@@H](O)CN4CCC(c5ccc6c(c5)CCO6)CC4)cccc3o2)o1.Cl. The molecule has 0 unspecified atom stereocenters. The Morgan fingerprint density at radius 2 is 2.00 bits per heavy atom. The maximum absolute atomic E-state index is 10.7. The zero-order chi connectivity index (χ0) is 23.8. The van der Waals surface area contributed by atoms with E-state index in [1.165, 1.54) is 11.1 Å². The molecular weight excluding hydrogens is 480 g/mol. The summed E-state index contributed by atoms with van der Waals surface area (Å²) in [4.78, 5) is 6.57. The summed E-state index contributed by atoms with van der Waals surface area (Å²) < 4.78 is 23.1. The number of likely N-dealkylation sites (tertiary alicyclic amines) is 1. The lowest BCUT2D eigenvalue weighted by atomic mass is 9.88. The van der Waals surface area contributed by atoms with Gasteiger partial charge in [0.15, 0.2) is 5.76 Å². The number of aliphatic hydroxyl groups is 1. The molecule has 1 fully saturated rings. The first-order chi connectivity index (χ1) is 17.1. The van der Waals surface area contributed by atoms with Gasteiger partial charge in [0.25, 0.3) is 5.89 Å². The number of benzene rings is 2. The maximum Gasteiger partial charge on any atom is 0.263 e. The summed E-state index contributed by atoms with van der Waals surface area (Å²) >= 11 is 0. The number of rotatable bonds is 7. The molecule has 0 aliphatic carbocycles. The number of hydrogen-bond donors (Lipinski definition) is 1. The van der Waals surface area contributed by atoms with Gasteiger partial charge in [-0.15, -0.1) is 12.4 Å². The molecule has 2 aromatic heterocycles. The molecule has 0 saturated carbocycles. The minimum absolute atomic E-state index is 0. The first-order valence-electron chi connectivity index (χ1n) is 12.4. The minimum Gasteiger partial charge on any atom is -0.493 e. The van der Waals surface area contributed by atoms with Crippen molar-refractivity contribution in [2.24, 2.45) is 0 Å². The van der Waals surface area contributed by atoms with Gasteiger partial charge in [-0.25, -0.2) is 4.98 Å². The zero-order valence-corrected chi connectivity index (χ0v) is 21.1. The lowest BCUT2D eigenvalue weighted by Crippen LogP contribution is -2.40. The molecule has 4 aromatic rings. The largest absolute Gasteiger partial charge is 0.493 e. The highest BCUT2D eigenvalue weighted by Gasteiger charge is 2.24. The molecule has 1 saturated heterocycles. The van der Waals surface area contributed by atoms with Crippen LogP contribution < -0.4 is 9.47 Å². The van der Waals surface area contributed by atoms with Crippen molar-refractivity contribution in [2.75, 3.05) is 32.8 Å². The molecule has 1 atom stereocenters. The maximum atomic E-state index is 10.7. The number of nitrogens with zero attached hydrogens (tertiary/aromatic N) is 2. The molecule has 2 aliphatic heterocycles. The van der Waals surface area contributed by atoms with E-state index < -0.39 is 6.10 Å². The van der Waals surface area contributed by atoms with E-state index in [1.807, 2.05) is 31.2 Å². The number of halogens is 1. The van der Waals surface area contributed by atoms with E-state index in [0.717, 1.165) is 55.9 Å². The smallest absolute Gasteiger partial charge is 0.263 e. The molecule has 0 amide bonds. The van der Waals surface area contributed by atoms with Crippen LogP contribution >= 0.6 is 12.4 Å². The quantitative estimate of drug-likeness (QED) is 0.358. The molecule has 36 heavy (non-hydrogen) atoms. The van der Waals surface area contributed by atoms with Gasteiger partial charge in [0, 0.05) is 19.0 Å². The number of fused-ring (bicyclic) bond motifs is 2. The second-order valence-electron chi connectivity index (χ2n) is 9.56. The predicted octanol–water partition coefficient (Wildman–Crippen LogP) is 5.37. The topological polar surface area (TPSA) is 81.1 Å². The second-order valence-corrected chi connectivity index (χ2v) is 9.56. The normalized spacial score (nSPS) is 16.9. The van der Waals surface area contributed by atoms with Gasteiger partial charge in [-0.05, 0) is 68.1 Å². The molecule has 7 nitrogen and oxygen atoms in total. The highest BCUT2D eigenvalue weighted by molar-refractivity contribution is 5.87. The van der Waals surface area contributed by atoms with Crippen LogP contribution in [0.15, 0.2) is 57.5 Å². The van der Waals surface area contributed by atoms with Gasteiger partial charge in [-0.1, -0.05) is 18.2 Å². The van der Waals surface area contributed by atoms with E-state index in [-0.39, 0.29) is 19.0 Å². The highest BCUT2D eigenvalue weighted by Crippen LogP contribution is 2.35. The van der Waals surface area contributed by atoms with Crippen LogP contribution in [0.25, 0.3) is 22.6 Å². The average Bonchev–Trinajstić information content (AvgIpc) is 3.62. The van der Waals surface area contributed by atoms with Crippen molar-refractivity contribution < 1.29 is 23.4 Å². The highest BCUT2D eigenvalue weighted by atomic mass is 35.5. The Balaban J connectivity index is 0.00000267. The van der Waals surface area contributed by atoms with Crippen molar-refractivity contribution in [3.05, 3.63) is 65.5 Å². The van der Waals surface area contributed by atoms with Crippen LogP contribution in [-0.4, -0.2) is 53.9 Å². The van der Waals surface area contributed by atoms with E-state index in [4.69, 9.17) is 18.3 Å². The number of oxazole rings is 1. The van der Waals surface area contributed by atoms with Crippen molar-refractivity contribution in [1.29, 1.82) is 0 Å². The first-order valence-corrected chi connectivity index (χ1v) is 12.4. The molecule has 8 heteroatoms. The Hall–Kier alpha value is -3.00. The standard InChI is InChI=1S/C28H30N2O5.ClH/c1-18-15-29-28(34-18)27-14-23-25(3-2-4-26(23)35-27)33-17-22(31)16-30-10-7-19(8-11-30)20-5-6-24-21(13-20)9-12-32-24;/h2-6,13-15,19,22,31H,7-12,16-17H2,1H3;1H/t22-;/m0./s1. The first kappa shape index (κ1) is 24.7. The summed E-state index contributed by atoms with van der Waals surface area (Å²) in [6, 6.07) is 14.2. The number of aromatic nitrogens is 1. The number of furan rings is 1. The number of hydrogen-bond acceptors (Lipinski definition) is 7. The van der Waals surface area contributed by atoms with Gasteiger partial charge < -0.3 is 28.3 Å². The Morgan fingerprint density at radius 1 is 1.14 bits per heavy atom. The van der Waals surface area contributed by atoms with Gasteiger partial charge in [-0.2, -0.15) is 0 Å². The fraction of sp³-hybridized carbons (Fsp3) is 0.393. The van der Waals surface area contributed by atoms with Crippen LogP contribution in [0, 0.1) is 6.92 Å². The van der Waals surface area contributed by atoms with Crippen LogP contribution in [0.4, 0.5) is 0 Å². The third-order valence-corrected chi connectivity index (χ3v) is 7.03. The Morgan fingerprint density at radius 3 is 2.81 bits per heavy atom. The average molecular weight is 511 g/mol. The van der Waals surface area contributed by atoms with Gasteiger partial charge in [-0.3, -0.25) is 0 Å².